The molecule has 0 amide bonds. The molecule has 0 bridgehead atoms. The Morgan fingerprint density at radius 3 is 2.78 bits per heavy atom. The highest BCUT2D eigenvalue weighted by atomic mass is 19.3. The number of nitrogens with one attached hydrogen (secondary N) is 1. The summed E-state index contributed by atoms with van der Waals surface area (Å²) in [6.45, 7) is 1.67. The molecular formula is C17H21F2N3O. The summed E-state index contributed by atoms with van der Waals surface area (Å²) in [5.74, 6) is 0.733. The van der Waals surface area contributed by atoms with Crippen LogP contribution in [0.5, 0.6) is 5.75 Å². The standard InChI is InChI=1S/C17H21F2N3O/c1-12-15(13-6-8-20-9-7-13)11-22(21-12)10-14-4-2-3-5-16(14)23-17(18)19/h2-5,11,13,17,20H,6-10H2,1H3. The number of ether oxygens (including phenoxy) is 1. The fourth-order valence-corrected chi connectivity index (χ4v) is 3.17. The molecule has 1 aromatic heterocycles. The summed E-state index contributed by atoms with van der Waals surface area (Å²) in [6, 6.07) is 6.86. The summed E-state index contributed by atoms with van der Waals surface area (Å²) < 4.78 is 31.4. The number of nitrogens with zero attached hydrogens (tertiary/aromatic N) is 2. The van der Waals surface area contributed by atoms with Crippen LogP contribution in [0.1, 0.15) is 35.6 Å². The number of alkyl halides is 2. The van der Waals surface area contributed by atoms with Gasteiger partial charge in [0.1, 0.15) is 5.75 Å². The summed E-state index contributed by atoms with van der Waals surface area (Å²) in [6.07, 6.45) is 4.26. The number of rotatable bonds is 5. The zero-order valence-electron chi connectivity index (χ0n) is 13.1. The third-order valence-electron chi connectivity index (χ3n) is 4.28. The Balaban J connectivity index is 1.78. The van der Waals surface area contributed by atoms with Crippen molar-refractivity contribution in [3.63, 3.8) is 0 Å². The highest BCUT2D eigenvalue weighted by Crippen LogP contribution is 2.28. The molecule has 2 heterocycles. The minimum Gasteiger partial charge on any atom is -0.434 e. The maximum Gasteiger partial charge on any atom is 0.387 e. The average Bonchev–Trinajstić information content (AvgIpc) is 2.90. The highest BCUT2D eigenvalue weighted by Gasteiger charge is 2.20. The molecule has 1 aliphatic rings. The average molecular weight is 321 g/mol. The Morgan fingerprint density at radius 2 is 2.04 bits per heavy atom. The lowest BCUT2D eigenvalue weighted by molar-refractivity contribution is -0.0505. The summed E-state index contributed by atoms with van der Waals surface area (Å²) >= 11 is 0. The van der Waals surface area contributed by atoms with Crippen molar-refractivity contribution in [2.75, 3.05) is 13.1 Å². The van der Waals surface area contributed by atoms with E-state index in [-0.39, 0.29) is 5.75 Å². The Labute approximate surface area is 134 Å². The second kappa shape index (κ2) is 7.08. The van der Waals surface area contributed by atoms with Crippen LogP contribution in [0, 0.1) is 6.92 Å². The van der Waals surface area contributed by atoms with Crippen LogP contribution >= 0.6 is 0 Å². The minimum atomic E-state index is -2.82. The zero-order chi connectivity index (χ0) is 16.2. The van der Waals surface area contributed by atoms with E-state index in [0.29, 0.717) is 18.0 Å². The summed E-state index contributed by atoms with van der Waals surface area (Å²) in [5, 5.41) is 7.92. The Hall–Kier alpha value is -1.95. The third-order valence-corrected chi connectivity index (χ3v) is 4.28. The zero-order valence-corrected chi connectivity index (χ0v) is 13.1. The van der Waals surface area contributed by atoms with E-state index in [2.05, 4.69) is 15.2 Å². The van der Waals surface area contributed by atoms with Crippen molar-refractivity contribution in [3.8, 4) is 5.75 Å². The molecular weight excluding hydrogens is 300 g/mol. The van der Waals surface area contributed by atoms with Gasteiger partial charge in [0.2, 0.25) is 0 Å². The number of para-hydroxylation sites is 1. The number of benzene rings is 1. The number of piperidine rings is 1. The molecule has 0 atom stereocenters. The van der Waals surface area contributed by atoms with Gasteiger partial charge in [-0.05, 0) is 50.4 Å². The van der Waals surface area contributed by atoms with Gasteiger partial charge < -0.3 is 10.1 Å². The topological polar surface area (TPSA) is 39.1 Å². The van der Waals surface area contributed by atoms with Crippen molar-refractivity contribution in [2.45, 2.75) is 38.8 Å². The molecule has 0 spiro atoms. The molecule has 0 saturated carbocycles. The van der Waals surface area contributed by atoms with Crippen molar-refractivity contribution in [1.82, 2.24) is 15.1 Å². The quantitative estimate of drug-likeness (QED) is 0.918. The first-order chi connectivity index (χ1) is 11.1. The number of hydrogen-bond donors (Lipinski definition) is 1. The van der Waals surface area contributed by atoms with Gasteiger partial charge >= 0.3 is 6.61 Å². The minimum absolute atomic E-state index is 0.207. The van der Waals surface area contributed by atoms with Crippen LogP contribution in [-0.4, -0.2) is 29.5 Å². The van der Waals surface area contributed by atoms with Crippen LogP contribution in [0.3, 0.4) is 0 Å². The second-order valence-electron chi connectivity index (χ2n) is 5.88. The molecule has 6 heteroatoms. The highest BCUT2D eigenvalue weighted by molar-refractivity contribution is 5.34. The molecule has 3 rings (SSSR count). The lowest BCUT2D eigenvalue weighted by Crippen LogP contribution is -2.26. The van der Waals surface area contributed by atoms with Gasteiger partial charge in [0.25, 0.3) is 0 Å². The molecule has 2 aromatic rings. The molecule has 1 aromatic carbocycles. The van der Waals surface area contributed by atoms with E-state index in [1.54, 1.807) is 18.2 Å². The molecule has 1 aliphatic heterocycles. The van der Waals surface area contributed by atoms with Gasteiger partial charge in [-0.15, -0.1) is 0 Å². The SMILES string of the molecule is Cc1nn(Cc2ccccc2OC(F)F)cc1C1CCNCC1. The first kappa shape index (κ1) is 15.9. The Bertz CT molecular complexity index is 651. The first-order valence-electron chi connectivity index (χ1n) is 7.91. The normalized spacial score (nSPS) is 16.0. The van der Waals surface area contributed by atoms with Crippen molar-refractivity contribution < 1.29 is 13.5 Å². The van der Waals surface area contributed by atoms with Crippen molar-refractivity contribution in [1.29, 1.82) is 0 Å². The van der Waals surface area contributed by atoms with Gasteiger partial charge in [0, 0.05) is 11.8 Å². The maximum absolute atomic E-state index is 12.5. The first-order valence-corrected chi connectivity index (χ1v) is 7.91. The fourth-order valence-electron chi connectivity index (χ4n) is 3.17. The lowest BCUT2D eigenvalue weighted by Gasteiger charge is -2.22. The largest absolute Gasteiger partial charge is 0.434 e. The van der Waals surface area contributed by atoms with Crippen LogP contribution in [0.4, 0.5) is 8.78 Å². The van der Waals surface area contributed by atoms with Gasteiger partial charge in [-0.2, -0.15) is 13.9 Å². The monoisotopic (exact) mass is 321 g/mol. The molecule has 124 valence electrons. The van der Waals surface area contributed by atoms with E-state index in [1.807, 2.05) is 23.9 Å². The van der Waals surface area contributed by atoms with Gasteiger partial charge in [0.15, 0.2) is 0 Å². The smallest absolute Gasteiger partial charge is 0.387 e. The van der Waals surface area contributed by atoms with Gasteiger partial charge in [-0.25, -0.2) is 0 Å². The van der Waals surface area contributed by atoms with Gasteiger partial charge in [-0.1, -0.05) is 18.2 Å². The second-order valence-corrected chi connectivity index (χ2v) is 5.88. The number of hydrogen-bond acceptors (Lipinski definition) is 3. The van der Waals surface area contributed by atoms with Crippen LogP contribution in [-0.2, 0) is 6.54 Å². The van der Waals surface area contributed by atoms with E-state index < -0.39 is 6.61 Å². The van der Waals surface area contributed by atoms with E-state index in [9.17, 15) is 8.78 Å². The van der Waals surface area contributed by atoms with E-state index >= 15 is 0 Å². The van der Waals surface area contributed by atoms with E-state index in [1.165, 1.54) is 5.56 Å². The summed E-state index contributed by atoms with van der Waals surface area (Å²) in [4.78, 5) is 0. The van der Waals surface area contributed by atoms with Gasteiger partial charge in [0.05, 0.1) is 12.2 Å². The molecule has 4 nitrogen and oxygen atoms in total. The van der Waals surface area contributed by atoms with Crippen molar-refractivity contribution >= 4 is 0 Å². The fraction of sp³-hybridized carbons (Fsp3) is 0.471. The number of aromatic nitrogens is 2. The lowest BCUT2D eigenvalue weighted by atomic mass is 9.91. The predicted octanol–water partition coefficient (Wildman–Crippen LogP) is 3.31. The van der Waals surface area contributed by atoms with Crippen molar-refractivity contribution in [3.05, 3.63) is 47.3 Å². The molecule has 1 N–H and O–H groups in total. The van der Waals surface area contributed by atoms with Crippen LogP contribution in [0.15, 0.2) is 30.5 Å². The third kappa shape index (κ3) is 3.88. The Kier molecular flexibility index (Phi) is 4.91. The molecule has 0 unspecified atom stereocenters. The van der Waals surface area contributed by atoms with Crippen LogP contribution in [0.25, 0.3) is 0 Å². The molecule has 0 aliphatic carbocycles. The summed E-state index contributed by atoms with van der Waals surface area (Å²) in [7, 11) is 0. The summed E-state index contributed by atoms with van der Waals surface area (Å²) in [5.41, 5.74) is 2.98. The van der Waals surface area contributed by atoms with Gasteiger partial charge in [-0.3, -0.25) is 4.68 Å². The molecule has 1 fully saturated rings. The van der Waals surface area contributed by atoms with E-state index in [4.69, 9.17) is 0 Å². The molecule has 1 saturated heterocycles. The molecule has 0 radical (unpaired) electrons. The van der Waals surface area contributed by atoms with Crippen LogP contribution in [0.2, 0.25) is 0 Å². The Morgan fingerprint density at radius 1 is 1.30 bits per heavy atom. The maximum atomic E-state index is 12.5. The number of halogens is 2. The van der Waals surface area contributed by atoms with Crippen LogP contribution < -0.4 is 10.1 Å². The van der Waals surface area contributed by atoms with Crippen molar-refractivity contribution in [2.24, 2.45) is 0 Å². The molecule has 23 heavy (non-hydrogen) atoms. The predicted molar refractivity (Wildman–Crippen MR) is 84.0 cm³/mol. The van der Waals surface area contributed by atoms with E-state index in [0.717, 1.165) is 31.6 Å². The number of aryl methyl sites for hydroxylation is 1.